The molecule has 0 atom stereocenters. The SMILES string of the molecule is C=C/C(=C\CCC)C(=O)Nc1ccn(Cc2c(C)noc2C)n1. The lowest BCUT2D eigenvalue weighted by Gasteiger charge is -2.03. The van der Waals surface area contributed by atoms with Gasteiger partial charge in [0.25, 0.3) is 5.91 Å². The second-order valence-electron chi connectivity index (χ2n) is 5.31. The molecule has 2 heterocycles. The Labute approximate surface area is 135 Å². The van der Waals surface area contributed by atoms with Crippen LogP contribution in [0.15, 0.2) is 41.1 Å². The lowest BCUT2D eigenvalue weighted by molar-refractivity contribution is -0.112. The fourth-order valence-corrected chi connectivity index (χ4v) is 2.16. The number of nitrogens with one attached hydrogen (secondary N) is 1. The number of aryl methyl sites for hydroxylation is 2. The maximum atomic E-state index is 12.2. The molecule has 6 nitrogen and oxygen atoms in total. The van der Waals surface area contributed by atoms with Crippen molar-refractivity contribution in [1.29, 1.82) is 0 Å². The number of rotatable bonds is 7. The number of allylic oxidation sites excluding steroid dienone is 1. The molecular weight excluding hydrogens is 292 g/mol. The Kier molecular flexibility index (Phi) is 5.51. The first kappa shape index (κ1) is 16.7. The van der Waals surface area contributed by atoms with Gasteiger partial charge in [-0.15, -0.1) is 0 Å². The third kappa shape index (κ3) is 4.18. The van der Waals surface area contributed by atoms with Crippen molar-refractivity contribution in [2.24, 2.45) is 0 Å². The predicted molar refractivity (Wildman–Crippen MR) is 89.1 cm³/mol. The summed E-state index contributed by atoms with van der Waals surface area (Å²) in [4.78, 5) is 12.2. The van der Waals surface area contributed by atoms with E-state index in [1.165, 1.54) is 0 Å². The molecule has 0 saturated carbocycles. The maximum Gasteiger partial charge on any atom is 0.256 e. The molecule has 0 saturated heterocycles. The van der Waals surface area contributed by atoms with E-state index in [-0.39, 0.29) is 5.91 Å². The van der Waals surface area contributed by atoms with E-state index in [1.54, 1.807) is 16.8 Å². The van der Waals surface area contributed by atoms with Gasteiger partial charge in [0.05, 0.1) is 12.2 Å². The molecule has 6 heteroatoms. The number of anilines is 1. The van der Waals surface area contributed by atoms with Gasteiger partial charge in [-0.3, -0.25) is 9.48 Å². The first-order valence-electron chi connectivity index (χ1n) is 7.64. The van der Waals surface area contributed by atoms with E-state index in [2.05, 4.69) is 29.1 Å². The molecule has 0 bridgehead atoms. The van der Waals surface area contributed by atoms with Crippen LogP contribution >= 0.6 is 0 Å². The zero-order valence-electron chi connectivity index (χ0n) is 13.8. The number of nitrogens with zero attached hydrogens (tertiary/aromatic N) is 3. The standard InChI is InChI=1S/C17H22N4O2/c1-5-7-8-14(6-2)17(22)18-16-9-10-21(19-16)11-15-12(3)20-23-13(15)4/h6,8-10H,2,5,7,11H2,1,3-4H3,(H,18,19,22)/b14-8+. The van der Waals surface area contributed by atoms with Gasteiger partial charge in [-0.25, -0.2) is 0 Å². The van der Waals surface area contributed by atoms with E-state index in [0.29, 0.717) is 17.9 Å². The molecule has 122 valence electrons. The maximum absolute atomic E-state index is 12.2. The van der Waals surface area contributed by atoms with Crippen molar-refractivity contribution in [3.63, 3.8) is 0 Å². The van der Waals surface area contributed by atoms with Crippen LogP contribution in [0.1, 0.15) is 36.8 Å². The van der Waals surface area contributed by atoms with Crippen molar-refractivity contribution in [3.8, 4) is 0 Å². The quantitative estimate of drug-likeness (QED) is 0.628. The zero-order chi connectivity index (χ0) is 16.8. The Morgan fingerprint density at radius 2 is 2.26 bits per heavy atom. The fourth-order valence-electron chi connectivity index (χ4n) is 2.16. The molecule has 0 aromatic carbocycles. The number of amides is 1. The summed E-state index contributed by atoms with van der Waals surface area (Å²) >= 11 is 0. The summed E-state index contributed by atoms with van der Waals surface area (Å²) < 4.78 is 6.88. The van der Waals surface area contributed by atoms with Gasteiger partial charge in [-0.05, 0) is 20.3 Å². The Bertz CT molecular complexity index is 705. The van der Waals surface area contributed by atoms with E-state index in [1.807, 2.05) is 26.1 Å². The van der Waals surface area contributed by atoms with Gasteiger partial charge in [0, 0.05) is 23.4 Å². The second-order valence-corrected chi connectivity index (χ2v) is 5.31. The van der Waals surface area contributed by atoms with Gasteiger partial charge in [-0.1, -0.05) is 37.2 Å². The Hall–Kier alpha value is -2.63. The highest BCUT2D eigenvalue weighted by Gasteiger charge is 2.12. The molecular formula is C17H22N4O2. The van der Waals surface area contributed by atoms with E-state index in [9.17, 15) is 4.79 Å². The van der Waals surface area contributed by atoms with Crippen LogP contribution in [-0.2, 0) is 11.3 Å². The minimum absolute atomic E-state index is 0.198. The smallest absolute Gasteiger partial charge is 0.256 e. The van der Waals surface area contributed by atoms with Gasteiger partial charge in [-0.2, -0.15) is 5.10 Å². The topological polar surface area (TPSA) is 73.0 Å². The third-order valence-corrected chi connectivity index (χ3v) is 3.52. The van der Waals surface area contributed by atoms with Gasteiger partial charge in [0.15, 0.2) is 5.82 Å². The molecule has 0 radical (unpaired) electrons. The summed E-state index contributed by atoms with van der Waals surface area (Å²) in [6.45, 7) is 10.1. The first-order chi connectivity index (χ1) is 11.0. The molecule has 0 spiro atoms. The van der Waals surface area contributed by atoms with E-state index < -0.39 is 0 Å². The minimum Gasteiger partial charge on any atom is -0.361 e. The molecule has 2 aromatic rings. The van der Waals surface area contributed by atoms with Crippen LogP contribution in [0.3, 0.4) is 0 Å². The van der Waals surface area contributed by atoms with Crippen molar-refractivity contribution in [2.45, 2.75) is 40.2 Å². The molecule has 1 amide bonds. The fraction of sp³-hybridized carbons (Fsp3) is 0.353. The lowest BCUT2D eigenvalue weighted by atomic mass is 10.2. The number of carbonyl (C=O) groups is 1. The van der Waals surface area contributed by atoms with Crippen LogP contribution in [0.4, 0.5) is 5.82 Å². The molecule has 23 heavy (non-hydrogen) atoms. The molecule has 2 aromatic heterocycles. The highest BCUT2D eigenvalue weighted by molar-refractivity contribution is 6.05. The zero-order valence-corrected chi connectivity index (χ0v) is 13.8. The monoisotopic (exact) mass is 314 g/mol. The average molecular weight is 314 g/mol. The Balaban J connectivity index is 2.05. The lowest BCUT2D eigenvalue weighted by Crippen LogP contribution is -2.14. The van der Waals surface area contributed by atoms with E-state index >= 15 is 0 Å². The van der Waals surface area contributed by atoms with Crippen LogP contribution in [0.2, 0.25) is 0 Å². The second kappa shape index (κ2) is 7.58. The van der Waals surface area contributed by atoms with E-state index in [4.69, 9.17) is 4.52 Å². The van der Waals surface area contributed by atoms with Crippen molar-refractivity contribution >= 4 is 11.7 Å². The Morgan fingerprint density at radius 3 is 2.87 bits per heavy atom. The normalized spacial score (nSPS) is 11.5. The number of hydrogen-bond donors (Lipinski definition) is 1. The summed E-state index contributed by atoms with van der Waals surface area (Å²) in [7, 11) is 0. The van der Waals surface area contributed by atoms with Gasteiger partial charge in [0.2, 0.25) is 0 Å². The molecule has 0 aliphatic carbocycles. The molecule has 0 aliphatic heterocycles. The number of unbranched alkanes of at least 4 members (excludes halogenated alkanes) is 1. The molecule has 0 aliphatic rings. The van der Waals surface area contributed by atoms with Crippen LogP contribution in [0, 0.1) is 13.8 Å². The highest BCUT2D eigenvalue weighted by atomic mass is 16.5. The summed E-state index contributed by atoms with van der Waals surface area (Å²) in [5.41, 5.74) is 2.41. The summed E-state index contributed by atoms with van der Waals surface area (Å²) in [6.07, 6.45) is 7.08. The van der Waals surface area contributed by atoms with Crippen LogP contribution < -0.4 is 5.32 Å². The van der Waals surface area contributed by atoms with Crippen molar-refractivity contribution < 1.29 is 9.32 Å². The number of carbonyl (C=O) groups excluding carboxylic acids is 1. The largest absolute Gasteiger partial charge is 0.361 e. The van der Waals surface area contributed by atoms with Gasteiger partial charge >= 0.3 is 0 Å². The number of hydrogen-bond acceptors (Lipinski definition) is 4. The Morgan fingerprint density at radius 1 is 1.48 bits per heavy atom. The van der Waals surface area contributed by atoms with Gasteiger partial charge < -0.3 is 9.84 Å². The third-order valence-electron chi connectivity index (χ3n) is 3.52. The highest BCUT2D eigenvalue weighted by Crippen LogP contribution is 2.15. The molecule has 1 N–H and O–H groups in total. The summed E-state index contributed by atoms with van der Waals surface area (Å²) in [6, 6.07) is 1.76. The van der Waals surface area contributed by atoms with Crippen LogP contribution in [-0.4, -0.2) is 20.8 Å². The molecule has 0 fully saturated rings. The summed E-state index contributed by atoms with van der Waals surface area (Å²) in [5, 5.41) is 11.1. The number of aromatic nitrogens is 3. The molecule has 0 unspecified atom stereocenters. The van der Waals surface area contributed by atoms with Crippen molar-refractivity contribution in [3.05, 3.63) is 53.6 Å². The average Bonchev–Trinajstić information content (AvgIpc) is 3.09. The summed E-state index contributed by atoms with van der Waals surface area (Å²) in [5.74, 6) is 1.09. The minimum atomic E-state index is -0.198. The van der Waals surface area contributed by atoms with Crippen molar-refractivity contribution in [2.75, 3.05) is 5.32 Å². The van der Waals surface area contributed by atoms with E-state index in [0.717, 1.165) is 29.9 Å². The van der Waals surface area contributed by atoms with Crippen LogP contribution in [0.25, 0.3) is 0 Å². The van der Waals surface area contributed by atoms with Crippen molar-refractivity contribution in [1.82, 2.24) is 14.9 Å². The first-order valence-corrected chi connectivity index (χ1v) is 7.64. The predicted octanol–water partition coefficient (Wildman–Crippen LogP) is 3.39. The van der Waals surface area contributed by atoms with Crippen LogP contribution in [0.5, 0.6) is 0 Å². The molecule has 2 rings (SSSR count). The van der Waals surface area contributed by atoms with Gasteiger partial charge in [0.1, 0.15) is 5.76 Å².